The summed E-state index contributed by atoms with van der Waals surface area (Å²) in [6.07, 6.45) is 1.68. The van der Waals surface area contributed by atoms with Gasteiger partial charge in [0.25, 0.3) is 5.91 Å². The van der Waals surface area contributed by atoms with Crippen LogP contribution in [-0.4, -0.2) is 27.4 Å². The topological polar surface area (TPSA) is 75.3 Å². The van der Waals surface area contributed by atoms with Crippen LogP contribution < -0.4 is 10.0 Å². The van der Waals surface area contributed by atoms with Crippen molar-refractivity contribution in [1.82, 2.24) is 10.0 Å². The molecular formula is C14H22N2O3S. The molecule has 0 saturated heterocycles. The molecule has 0 unspecified atom stereocenters. The fourth-order valence-corrected chi connectivity index (χ4v) is 3.28. The molecule has 1 aromatic rings. The first-order valence-corrected chi connectivity index (χ1v) is 8.15. The Kier molecular flexibility index (Phi) is 5.71. The van der Waals surface area contributed by atoms with Gasteiger partial charge >= 0.3 is 0 Å². The van der Waals surface area contributed by atoms with Gasteiger partial charge in [-0.2, -0.15) is 0 Å². The van der Waals surface area contributed by atoms with Gasteiger partial charge in [0.05, 0.1) is 4.90 Å². The molecule has 0 saturated carbocycles. The Morgan fingerprint density at radius 3 is 2.55 bits per heavy atom. The lowest BCUT2D eigenvalue weighted by molar-refractivity contribution is 0.0962. The molecule has 0 fully saturated rings. The van der Waals surface area contributed by atoms with Crippen LogP contribution in [0.5, 0.6) is 0 Å². The van der Waals surface area contributed by atoms with Gasteiger partial charge < -0.3 is 5.32 Å². The second-order valence-electron chi connectivity index (χ2n) is 4.87. The standard InChI is InChI=1S/C14H22N2O3S/c1-5-6-11(3)16-20(18,19)12-8-7-10(2)13(9-12)14(17)15-4/h7-9,11,16H,5-6H2,1-4H3,(H,15,17)/t11-/m1/s1. The van der Waals surface area contributed by atoms with Crippen molar-refractivity contribution < 1.29 is 13.2 Å². The van der Waals surface area contributed by atoms with E-state index in [1.165, 1.54) is 19.2 Å². The number of benzene rings is 1. The molecule has 1 rings (SSSR count). The van der Waals surface area contributed by atoms with E-state index in [9.17, 15) is 13.2 Å². The summed E-state index contributed by atoms with van der Waals surface area (Å²) in [6, 6.07) is 4.44. The summed E-state index contributed by atoms with van der Waals surface area (Å²) in [5, 5.41) is 2.51. The minimum Gasteiger partial charge on any atom is -0.355 e. The first kappa shape index (κ1) is 16.7. The van der Waals surface area contributed by atoms with Crippen LogP contribution >= 0.6 is 0 Å². The molecule has 5 nitrogen and oxygen atoms in total. The number of nitrogens with one attached hydrogen (secondary N) is 2. The molecule has 1 aromatic carbocycles. The summed E-state index contributed by atoms with van der Waals surface area (Å²) in [4.78, 5) is 11.8. The highest BCUT2D eigenvalue weighted by Gasteiger charge is 2.19. The number of aryl methyl sites for hydroxylation is 1. The molecule has 0 spiro atoms. The van der Waals surface area contributed by atoms with Gasteiger partial charge in [-0.3, -0.25) is 4.79 Å². The molecule has 20 heavy (non-hydrogen) atoms. The summed E-state index contributed by atoms with van der Waals surface area (Å²) >= 11 is 0. The van der Waals surface area contributed by atoms with Crippen LogP contribution in [0.1, 0.15) is 42.6 Å². The van der Waals surface area contributed by atoms with Crippen molar-refractivity contribution in [2.45, 2.75) is 44.6 Å². The van der Waals surface area contributed by atoms with Crippen LogP contribution in [0, 0.1) is 6.92 Å². The van der Waals surface area contributed by atoms with E-state index in [4.69, 9.17) is 0 Å². The first-order chi connectivity index (χ1) is 9.31. The third-order valence-electron chi connectivity index (χ3n) is 3.07. The number of rotatable bonds is 6. The quantitative estimate of drug-likeness (QED) is 0.841. The normalized spacial score (nSPS) is 13.0. The highest BCUT2D eigenvalue weighted by molar-refractivity contribution is 7.89. The van der Waals surface area contributed by atoms with Crippen LogP contribution in [0.15, 0.2) is 23.1 Å². The molecule has 0 bridgehead atoms. The number of carbonyl (C=O) groups is 1. The van der Waals surface area contributed by atoms with E-state index in [0.29, 0.717) is 5.56 Å². The molecule has 1 atom stereocenters. The molecule has 0 aromatic heterocycles. The lowest BCUT2D eigenvalue weighted by Gasteiger charge is -2.14. The smallest absolute Gasteiger partial charge is 0.251 e. The zero-order valence-electron chi connectivity index (χ0n) is 12.4. The Bertz CT molecular complexity index is 582. The molecule has 2 N–H and O–H groups in total. The number of hydrogen-bond donors (Lipinski definition) is 2. The van der Waals surface area contributed by atoms with Crippen LogP contribution in [0.25, 0.3) is 0 Å². The fraction of sp³-hybridized carbons (Fsp3) is 0.500. The SMILES string of the molecule is CCC[C@@H](C)NS(=O)(=O)c1ccc(C)c(C(=O)NC)c1. The van der Waals surface area contributed by atoms with Crippen molar-refractivity contribution in [1.29, 1.82) is 0 Å². The predicted octanol–water partition coefficient (Wildman–Crippen LogP) is 1.82. The van der Waals surface area contributed by atoms with Gasteiger partial charge in [-0.05, 0) is 38.0 Å². The monoisotopic (exact) mass is 298 g/mol. The van der Waals surface area contributed by atoms with E-state index in [1.807, 2.05) is 13.8 Å². The van der Waals surface area contributed by atoms with Gasteiger partial charge in [0.1, 0.15) is 0 Å². The zero-order chi connectivity index (χ0) is 15.3. The summed E-state index contributed by atoms with van der Waals surface area (Å²) in [6.45, 7) is 5.60. The minimum absolute atomic E-state index is 0.115. The number of sulfonamides is 1. The van der Waals surface area contributed by atoms with Gasteiger partial charge in [-0.15, -0.1) is 0 Å². The Labute approximate surface area is 120 Å². The first-order valence-electron chi connectivity index (χ1n) is 6.67. The summed E-state index contributed by atoms with van der Waals surface area (Å²) in [5.41, 5.74) is 1.11. The molecule has 0 radical (unpaired) electrons. The van der Waals surface area contributed by atoms with Crippen molar-refractivity contribution in [3.63, 3.8) is 0 Å². The Balaban J connectivity index is 3.10. The van der Waals surface area contributed by atoms with E-state index in [1.54, 1.807) is 13.0 Å². The maximum atomic E-state index is 12.2. The van der Waals surface area contributed by atoms with Crippen molar-refractivity contribution in [2.24, 2.45) is 0 Å². The second-order valence-corrected chi connectivity index (χ2v) is 6.58. The van der Waals surface area contributed by atoms with Crippen LogP contribution in [0.2, 0.25) is 0 Å². The molecular weight excluding hydrogens is 276 g/mol. The molecule has 112 valence electrons. The molecule has 0 aliphatic carbocycles. The maximum Gasteiger partial charge on any atom is 0.251 e. The molecule has 0 aliphatic heterocycles. The predicted molar refractivity (Wildman–Crippen MR) is 79.3 cm³/mol. The summed E-state index contributed by atoms with van der Waals surface area (Å²) in [7, 11) is -2.07. The van der Waals surface area contributed by atoms with Crippen molar-refractivity contribution in [3.8, 4) is 0 Å². The third kappa shape index (κ3) is 4.05. The molecule has 0 heterocycles. The highest BCUT2D eigenvalue weighted by Crippen LogP contribution is 2.16. The van der Waals surface area contributed by atoms with Gasteiger partial charge in [0.2, 0.25) is 10.0 Å². The van der Waals surface area contributed by atoms with Crippen LogP contribution in [-0.2, 0) is 10.0 Å². The van der Waals surface area contributed by atoms with Crippen molar-refractivity contribution in [3.05, 3.63) is 29.3 Å². The van der Waals surface area contributed by atoms with E-state index in [-0.39, 0.29) is 16.8 Å². The van der Waals surface area contributed by atoms with Gasteiger partial charge in [0.15, 0.2) is 0 Å². The summed E-state index contributed by atoms with van der Waals surface area (Å²) in [5.74, 6) is -0.291. The average Bonchev–Trinajstić information content (AvgIpc) is 2.37. The van der Waals surface area contributed by atoms with E-state index in [0.717, 1.165) is 18.4 Å². The van der Waals surface area contributed by atoms with Gasteiger partial charge in [-0.1, -0.05) is 19.4 Å². The zero-order valence-corrected chi connectivity index (χ0v) is 13.2. The van der Waals surface area contributed by atoms with E-state index < -0.39 is 10.0 Å². The molecule has 1 amide bonds. The van der Waals surface area contributed by atoms with Crippen LogP contribution in [0.3, 0.4) is 0 Å². The van der Waals surface area contributed by atoms with Crippen molar-refractivity contribution >= 4 is 15.9 Å². The van der Waals surface area contributed by atoms with E-state index >= 15 is 0 Å². The van der Waals surface area contributed by atoms with Crippen molar-refractivity contribution in [2.75, 3.05) is 7.05 Å². The lowest BCUT2D eigenvalue weighted by Crippen LogP contribution is -2.32. The largest absolute Gasteiger partial charge is 0.355 e. The Morgan fingerprint density at radius 1 is 1.35 bits per heavy atom. The second kappa shape index (κ2) is 6.85. The number of hydrogen-bond acceptors (Lipinski definition) is 3. The number of amides is 1. The average molecular weight is 298 g/mol. The lowest BCUT2D eigenvalue weighted by atomic mass is 10.1. The maximum absolute atomic E-state index is 12.2. The highest BCUT2D eigenvalue weighted by atomic mass is 32.2. The van der Waals surface area contributed by atoms with E-state index in [2.05, 4.69) is 10.0 Å². The van der Waals surface area contributed by atoms with Gasteiger partial charge in [0, 0.05) is 18.7 Å². The molecule has 6 heteroatoms. The molecule has 0 aliphatic rings. The fourth-order valence-electron chi connectivity index (χ4n) is 1.97. The van der Waals surface area contributed by atoms with Gasteiger partial charge in [-0.25, -0.2) is 13.1 Å². The number of carbonyl (C=O) groups excluding carboxylic acids is 1. The minimum atomic E-state index is -3.59. The summed E-state index contributed by atoms with van der Waals surface area (Å²) < 4.78 is 27.1. The Hall–Kier alpha value is -1.40. The third-order valence-corrected chi connectivity index (χ3v) is 4.66. The Morgan fingerprint density at radius 2 is 2.00 bits per heavy atom. The van der Waals surface area contributed by atoms with Crippen LogP contribution in [0.4, 0.5) is 0 Å².